The number of benzene rings is 2. The number of nitrogens with zero attached hydrogens (tertiary/aromatic N) is 1. The zero-order valence-corrected chi connectivity index (χ0v) is 17.9. The number of hydrogen-bond acceptors (Lipinski definition) is 6. The number of aliphatic hydroxyl groups is 2. The molecule has 0 unspecified atom stereocenters. The van der Waals surface area contributed by atoms with Crippen molar-refractivity contribution in [1.29, 1.82) is 0 Å². The Labute approximate surface area is 180 Å². The first kappa shape index (κ1) is 23.5. The normalized spacial score (nSPS) is 11.4. The van der Waals surface area contributed by atoms with Crippen molar-refractivity contribution >= 4 is 23.4 Å². The highest BCUT2D eigenvalue weighted by molar-refractivity contribution is 7.99. The summed E-state index contributed by atoms with van der Waals surface area (Å²) < 4.78 is 5.74. The molecule has 0 fully saturated rings. The molecule has 2 N–H and O–H groups in total. The van der Waals surface area contributed by atoms with E-state index in [0.717, 1.165) is 33.9 Å². The predicted molar refractivity (Wildman–Crippen MR) is 115 cm³/mol. The summed E-state index contributed by atoms with van der Waals surface area (Å²) in [6.07, 6.45) is 2.38. The summed E-state index contributed by atoms with van der Waals surface area (Å²) in [5.74, 6) is 0.829. The van der Waals surface area contributed by atoms with Crippen LogP contribution in [0.1, 0.15) is 31.7 Å². The van der Waals surface area contributed by atoms with Crippen molar-refractivity contribution in [2.75, 3.05) is 19.8 Å². The van der Waals surface area contributed by atoms with Gasteiger partial charge in [-0.1, -0.05) is 48.8 Å². The highest BCUT2D eigenvalue weighted by Gasteiger charge is 2.41. The van der Waals surface area contributed by atoms with Crippen molar-refractivity contribution in [3.05, 3.63) is 63.2 Å². The lowest BCUT2D eigenvalue weighted by Gasteiger charge is -2.21. The summed E-state index contributed by atoms with van der Waals surface area (Å²) in [7, 11) is 0. The van der Waals surface area contributed by atoms with Gasteiger partial charge in [0.15, 0.2) is 0 Å². The molecule has 0 saturated heterocycles. The van der Waals surface area contributed by atoms with Crippen LogP contribution in [0.4, 0.5) is 0 Å². The number of aliphatic hydroxyl groups excluding tert-OH is 2. The van der Waals surface area contributed by atoms with Crippen molar-refractivity contribution < 1.29 is 19.9 Å². The van der Waals surface area contributed by atoms with Crippen molar-refractivity contribution in [3.8, 4) is 5.75 Å². The molecule has 0 bridgehead atoms. The number of unbranched alkanes of at least 4 members (excludes halogenated alkanes) is 1. The topological polar surface area (TPSA) is 92.8 Å². The van der Waals surface area contributed by atoms with Crippen LogP contribution in [0.5, 0.6) is 5.75 Å². The van der Waals surface area contributed by atoms with E-state index in [1.807, 2.05) is 42.5 Å². The SMILES string of the molecule is CCCCOc1cccc(Sc2ccc(CCC(CO)(CO)[N+](=O)[O-])c(Cl)c2)c1. The van der Waals surface area contributed by atoms with Crippen molar-refractivity contribution in [2.24, 2.45) is 0 Å². The molecular formula is C21H26ClNO5S. The maximum absolute atomic E-state index is 11.2. The van der Waals surface area contributed by atoms with E-state index < -0.39 is 23.7 Å². The molecule has 0 atom stereocenters. The summed E-state index contributed by atoms with van der Waals surface area (Å²) >= 11 is 7.92. The molecule has 0 aliphatic rings. The van der Waals surface area contributed by atoms with Crippen molar-refractivity contribution in [3.63, 3.8) is 0 Å². The molecule has 0 heterocycles. The molecular weight excluding hydrogens is 414 g/mol. The van der Waals surface area contributed by atoms with Gasteiger partial charge in [0, 0.05) is 26.2 Å². The summed E-state index contributed by atoms with van der Waals surface area (Å²) in [6, 6.07) is 13.4. The Morgan fingerprint density at radius 1 is 1.17 bits per heavy atom. The third kappa shape index (κ3) is 6.60. The van der Waals surface area contributed by atoms with Gasteiger partial charge in [-0.25, -0.2) is 0 Å². The number of ether oxygens (including phenoxy) is 1. The van der Waals surface area contributed by atoms with Gasteiger partial charge in [-0.3, -0.25) is 10.1 Å². The third-order valence-corrected chi connectivity index (χ3v) is 6.00. The van der Waals surface area contributed by atoms with Crippen molar-refractivity contribution in [1.82, 2.24) is 0 Å². The van der Waals surface area contributed by atoms with Gasteiger partial charge < -0.3 is 14.9 Å². The fourth-order valence-electron chi connectivity index (χ4n) is 2.67. The summed E-state index contributed by atoms with van der Waals surface area (Å²) in [4.78, 5) is 12.5. The Bertz CT molecular complexity index is 813. The number of nitro groups is 1. The van der Waals surface area contributed by atoms with Gasteiger partial charge in [-0.2, -0.15) is 0 Å². The highest BCUT2D eigenvalue weighted by Crippen LogP contribution is 2.33. The zero-order chi connectivity index (χ0) is 21.3. The van der Waals surface area contributed by atoms with Gasteiger partial charge in [-0.15, -0.1) is 0 Å². The molecule has 0 aliphatic carbocycles. The molecule has 2 aromatic rings. The van der Waals surface area contributed by atoms with Gasteiger partial charge in [-0.05, 0) is 48.7 Å². The van der Waals surface area contributed by atoms with Gasteiger partial charge in [0.05, 0.1) is 6.61 Å². The maximum atomic E-state index is 11.2. The second-order valence-electron chi connectivity index (χ2n) is 6.83. The number of halogens is 1. The first-order valence-corrected chi connectivity index (χ1v) is 10.7. The van der Waals surface area contributed by atoms with Gasteiger partial charge in [0.1, 0.15) is 19.0 Å². The molecule has 2 rings (SSSR count). The third-order valence-electron chi connectivity index (χ3n) is 4.67. The van der Waals surface area contributed by atoms with Crippen molar-refractivity contribution in [2.45, 2.75) is 47.9 Å². The van der Waals surface area contributed by atoms with Crippen LogP contribution in [-0.2, 0) is 6.42 Å². The van der Waals surface area contributed by atoms with E-state index in [0.29, 0.717) is 11.6 Å². The maximum Gasteiger partial charge on any atom is 0.267 e. The first-order chi connectivity index (χ1) is 13.9. The Kier molecular flexibility index (Phi) is 9.23. The van der Waals surface area contributed by atoms with E-state index in [1.165, 1.54) is 0 Å². The summed E-state index contributed by atoms with van der Waals surface area (Å²) in [5, 5.41) is 30.4. The van der Waals surface area contributed by atoms with Gasteiger partial charge >= 0.3 is 0 Å². The minimum Gasteiger partial charge on any atom is -0.494 e. The van der Waals surface area contributed by atoms with Gasteiger partial charge in [0.25, 0.3) is 5.54 Å². The van der Waals surface area contributed by atoms with Crippen LogP contribution in [-0.4, -0.2) is 40.5 Å². The van der Waals surface area contributed by atoms with E-state index >= 15 is 0 Å². The summed E-state index contributed by atoms with van der Waals surface area (Å²) in [6.45, 7) is 1.37. The van der Waals surface area contributed by atoms with Crippen LogP contribution >= 0.6 is 23.4 Å². The molecule has 0 spiro atoms. The largest absolute Gasteiger partial charge is 0.494 e. The number of aryl methyl sites for hydroxylation is 1. The fraction of sp³-hybridized carbons (Fsp3) is 0.429. The second kappa shape index (κ2) is 11.4. The average Bonchev–Trinajstić information content (AvgIpc) is 2.71. The predicted octanol–water partition coefficient (Wildman–Crippen LogP) is 4.60. The average molecular weight is 440 g/mol. The lowest BCUT2D eigenvalue weighted by atomic mass is 9.93. The van der Waals surface area contributed by atoms with Gasteiger partial charge in [0.2, 0.25) is 0 Å². The van der Waals surface area contributed by atoms with E-state index in [-0.39, 0.29) is 12.8 Å². The number of hydrogen-bond donors (Lipinski definition) is 2. The van der Waals surface area contributed by atoms with Crippen LogP contribution in [0.3, 0.4) is 0 Å². The van der Waals surface area contributed by atoms with Crippen LogP contribution < -0.4 is 4.74 Å². The Hall–Kier alpha value is -1.80. The van der Waals surface area contributed by atoms with Crippen LogP contribution in [0.25, 0.3) is 0 Å². The molecule has 29 heavy (non-hydrogen) atoms. The fourth-order valence-corrected chi connectivity index (χ4v) is 3.92. The first-order valence-electron chi connectivity index (χ1n) is 9.49. The van der Waals surface area contributed by atoms with Crippen LogP contribution in [0.2, 0.25) is 5.02 Å². The zero-order valence-electron chi connectivity index (χ0n) is 16.3. The van der Waals surface area contributed by atoms with E-state index in [1.54, 1.807) is 11.8 Å². The number of rotatable bonds is 12. The van der Waals surface area contributed by atoms with Crippen LogP contribution in [0.15, 0.2) is 52.3 Å². The molecule has 6 nitrogen and oxygen atoms in total. The Morgan fingerprint density at radius 2 is 1.90 bits per heavy atom. The van der Waals surface area contributed by atoms with E-state index in [9.17, 15) is 20.3 Å². The molecule has 0 aliphatic heterocycles. The molecule has 8 heteroatoms. The highest BCUT2D eigenvalue weighted by atomic mass is 35.5. The van der Waals surface area contributed by atoms with Crippen LogP contribution in [0, 0.1) is 10.1 Å². The lowest BCUT2D eigenvalue weighted by molar-refractivity contribution is -0.578. The second-order valence-corrected chi connectivity index (χ2v) is 8.38. The monoisotopic (exact) mass is 439 g/mol. The Balaban J connectivity index is 2.04. The minimum absolute atomic E-state index is 0.00362. The lowest BCUT2D eigenvalue weighted by Crippen LogP contribution is -2.46. The molecule has 0 saturated carbocycles. The molecule has 0 radical (unpaired) electrons. The molecule has 2 aromatic carbocycles. The summed E-state index contributed by atoms with van der Waals surface area (Å²) in [5.41, 5.74) is -1.02. The molecule has 0 aromatic heterocycles. The van der Waals surface area contributed by atoms with E-state index in [2.05, 4.69) is 6.92 Å². The smallest absolute Gasteiger partial charge is 0.267 e. The quantitative estimate of drug-likeness (QED) is 0.285. The molecule has 158 valence electrons. The minimum atomic E-state index is -1.75. The molecule has 0 amide bonds. The Morgan fingerprint density at radius 3 is 2.52 bits per heavy atom. The standard InChI is InChI=1S/C21H26ClNO5S/c1-2-3-11-28-17-5-4-6-18(12-17)29-19-8-7-16(20(22)13-19)9-10-21(14-24,15-25)23(26)27/h4-8,12-13,24-25H,2-3,9-11,14-15H2,1H3. The van der Waals surface area contributed by atoms with E-state index in [4.69, 9.17) is 16.3 Å².